The van der Waals surface area contributed by atoms with Gasteiger partial charge in [0.1, 0.15) is 11.9 Å². The number of nitrogens with one attached hydrogen (secondary N) is 1. The molecule has 1 N–H and O–H groups in total. The Morgan fingerprint density at radius 1 is 1.15 bits per heavy atom. The Labute approximate surface area is 149 Å². The Hall–Kier alpha value is -2.99. The van der Waals surface area contributed by atoms with Gasteiger partial charge in [-0.1, -0.05) is 18.2 Å². The molecule has 0 amide bonds. The molecule has 0 aliphatic carbocycles. The number of carbonyl (C=O) groups is 2. The van der Waals surface area contributed by atoms with E-state index in [-0.39, 0.29) is 5.78 Å². The van der Waals surface area contributed by atoms with Crippen LogP contribution in [0.4, 0.5) is 4.39 Å². The van der Waals surface area contributed by atoms with Crippen LogP contribution in [0.5, 0.6) is 0 Å². The predicted molar refractivity (Wildman–Crippen MR) is 94.2 cm³/mol. The molecule has 26 heavy (non-hydrogen) atoms. The Kier molecular flexibility index (Phi) is 4.26. The fourth-order valence-electron chi connectivity index (χ4n) is 3.32. The first-order valence-corrected chi connectivity index (χ1v) is 8.48. The number of aromatic amines is 1. The monoisotopic (exact) mass is 352 g/mol. The molecule has 2 aromatic carbocycles. The molecule has 1 atom stereocenters. The number of H-pyrrole nitrogens is 1. The van der Waals surface area contributed by atoms with Gasteiger partial charge in [0.25, 0.3) is 0 Å². The number of ketones is 1. The van der Waals surface area contributed by atoms with Gasteiger partial charge in [-0.2, -0.15) is 0 Å². The molecule has 0 unspecified atom stereocenters. The van der Waals surface area contributed by atoms with Crippen molar-refractivity contribution in [2.24, 2.45) is 0 Å². The van der Waals surface area contributed by atoms with Crippen LogP contribution in [0.2, 0.25) is 0 Å². The summed E-state index contributed by atoms with van der Waals surface area (Å²) in [6, 6.07) is 12.4. The lowest BCUT2D eigenvalue weighted by Gasteiger charge is -2.22. The van der Waals surface area contributed by atoms with Crippen LogP contribution in [0.1, 0.15) is 33.6 Å². The van der Waals surface area contributed by atoms with E-state index < -0.39 is 17.8 Å². The van der Waals surface area contributed by atoms with Crippen LogP contribution in [-0.2, 0) is 4.84 Å². The molecular weight excluding hydrogens is 335 g/mol. The van der Waals surface area contributed by atoms with E-state index in [1.54, 1.807) is 36.5 Å². The number of halogens is 1. The maximum Gasteiger partial charge on any atom is 0.357 e. The lowest BCUT2D eigenvalue weighted by molar-refractivity contribution is -0.109. The summed E-state index contributed by atoms with van der Waals surface area (Å²) in [7, 11) is 0. The van der Waals surface area contributed by atoms with Crippen LogP contribution in [0.3, 0.4) is 0 Å². The number of hydrogen-bond donors (Lipinski definition) is 1. The number of rotatable bonds is 4. The molecule has 0 saturated carbocycles. The molecule has 1 saturated heterocycles. The van der Waals surface area contributed by atoms with E-state index in [9.17, 15) is 14.0 Å². The molecule has 0 bridgehead atoms. The van der Waals surface area contributed by atoms with Gasteiger partial charge < -0.3 is 9.82 Å². The van der Waals surface area contributed by atoms with Crippen molar-refractivity contribution in [1.29, 1.82) is 0 Å². The van der Waals surface area contributed by atoms with E-state index in [2.05, 4.69) is 4.98 Å². The zero-order valence-electron chi connectivity index (χ0n) is 13.9. The fraction of sp³-hybridized carbons (Fsp3) is 0.200. The number of Topliss-reactive ketones (excluding diaryl/α,β-unsaturated/α-hetero) is 1. The molecule has 1 aliphatic rings. The number of hydrogen-bond acceptors (Lipinski definition) is 4. The third kappa shape index (κ3) is 2.99. The molecule has 4 rings (SSSR count). The summed E-state index contributed by atoms with van der Waals surface area (Å²) in [6.07, 6.45) is 2.92. The second kappa shape index (κ2) is 6.72. The Balaban J connectivity index is 1.57. The molecule has 1 aliphatic heterocycles. The maximum absolute atomic E-state index is 13.6. The fourth-order valence-corrected chi connectivity index (χ4v) is 3.32. The van der Waals surface area contributed by atoms with Gasteiger partial charge in [-0.15, -0.1) is 5.06 Å². The quantitative estimate of drug-likeness (QED) is 0.727. The molecule has 1 fully saturated rings. The minimum absolute atomic E-state index is 0.180. The Bertz CT molecular complexity index is 968. The van der Waals surface area contributed by atoms with Crippen molar-refractivity contribution in [3.63, 3.8) is 0 Å². The Morgan fingerprint density at radius 3 is 2.77 bits per heavy atom. The number of benzene rings is 2. The molecule has 6 heteroatoms. The van der Waals surface area contributed by atoms with Crippen LogP contribution in [0, 0.1) is 5.82 Å². The van der Waals surface area contributed by atoms with Gasteiger partial charge in [-0.3, -0.25) is 4.79 Å². The molecule has 132 valence electrons. The first-order valence-electron chi connectivity index (χ1n) is 8.48. The van der Waals surface area contributed by atoms with E-state index in [1.165, 1.54) is 17.2 Å². The van der Waals surface area contributed by atoms with Crippen molar-refractivity contribution < 1.29 is 18.8 Å². The highest BCUT2D eigenvalue weighted by Crippen LogP contribution is 2.27. The first-order chi connectivity index (χ1) is 12.6. The van der Waals surface area contributed by atoms with Gasteiger partial charge in [-0.25, -0.2) is 9.18 Å². The SMILES string of the molecule is O=C(ON1CCC[C@@H]1C(=O)c1c[nH]c2ccc(F)cc12)c1ccccc1. The van der Waals surface area contributed by atoms with Crippen molar-refractivity contribution in [2.75, 3.05) is 6.54 Å². The summed E-state index contributed by atoms with van der Waals surface area (Å²) < 4.78 is 13.6. The van der Waals surface area contributed by atoms with Crippen LogP contribution in [-0.4, -0.2) is 34.4 Å². The summed E-state index contributed by atoms with van der Waals surface area (Å²) in [5.41, 5.74) is 1.53. The van der Waals surface area contributed by atoms with E-state index in [1.807, 2.05) is 6.07 Å². The molecule has 5 nitrogen and oxygen atoms in total. The average molecular weight is 352 g/mol. The highest BCUT2D eigenvalue weighted by Gasteiger charge is 2.35. The second-order valence-electron chi connectivity index (χ2n) is 6.30. The van der Waals surface area contributed by atoms with Gasteiger partial charge in [0.05, 0.1) is 5.56 Å². The van der Waals surface area contributed by atoms with Crippen molar-refractivity contribution in [3.8, 4) is 0 Å². The smallest absolute Gasteiger partial charge is 0.357 e. The topological polar surface area (TPSA) is 62.4 Å². The van der Waals surface area contributed by atoms with Gasteiger partial charge in [0.15, 0.2) is 5.78 Å². The number of nitrogens with zero attached hydrogens (tertiary/aromatic N) is 1. The molecule has 1 aromatic heterocycles. The first kappa shape index (κ1) is 16.5. The van der Waals surface area contributed by atoms with Crippen LogP contribution in [0.15, 0.2) is 54.7 Å². The summed E-state index contributed by atoms with van der Waals surface area (Å²) in [5, 5.41) is 1.98. The van der Waals surface area contributed by atoms with Crippen LogP contribution in [0.25, 0.3) is 10.9 Å². The lowest BCUT2D eigenvalue weighted by atomic mass is 10.0. The van der Waals surface area contributed by atoms with Crippen molar-refractivity contribution in [2.45, 2.75) is 18.9 Å². The lowest BCUT2D eigenvalue weighted by Crippen LogP contribution is -2.37. The number of fused-ring (bicyclic) bond motifs is 1. The zero-order valence-corrected chi connectivity index (χ0v) is 13.9. The highest BCUT2D eigenvalue weighted by molar-refractivity contribution is 6.10. The third-order valence-electron chi connectivity index (χ3n) is 4.63. The Morgan fingerprint density at radius 2 is 1.96 bits per heavy atom. The summed E-state index contributed by atoms with van der Waals surface area (Å²) in [6.45, 7) is 0.492. The van der Waals surface area contributed by atoms with Gasteiger partial charge in [-0.05, 0) is 43.2 Å². The molecule has 3 aromatic rings. The standard InChI is InChI=1S/C20H17FN2O3/c21-14-8-9-17-15(11-14)16(12-22-17)19(24)18-7-4-10-23(18)26-20(25)13-5-2-1-3-6-13/h1-3,5-6,8-9,11-12,18,22H,4,7,10H2/t18-/m1/s1. The minimum Gasteiger partial charge on any atom is -0.363 e. The van der Waals surface area contributed by atoms with Crippen LogP contribution < -0.4 is 0 Å². The molecular formula is C20H17FN2O3. The van der Waals surface area contributed by atoms with Gasteiger partial charge in [0, 0.05) is 29.2 Å². The zero-order chi connectivity index (χ0) is 18.1. The normalized spacial score (nSPS) is 17.5. The maximum atomic E-state index is 13.6. The predicted octanol–water partition coefficient (Wildman–Crippen LogP) is 3.73. The van der Waals surface area contributed by atoms with Gasteiger partial charge in [0.2, 0.25) is 0 Å². The molecule has 0 spiro atoms. The number of aromatic nitrogens is 1. The van der Waals surface area contributed by atoms with Crippen molar-refractivity contribution in [3.05, 3.63) is 71.7 Å². The largest absolute Gasteiger partial charge is 0.363 e. The van der Waals surface area contributed by atoms with Gasteiger partial charge >= 0.3 is 5.97 Å². The van der Waals surface area contributed by atoms with Crippen molar-refractivity contribution >= 4 is 22.7 Å². The van der Waals surface area contributed by atoms with E-state index in [0.29, 0.717) is 35.0 Å². The van der Waals surface area contributed by atoms with E-state index in [4.69, 9.17) is 4.84 Å². The molecule has 0 radical (unpaired) electrons. The van der Waals surface area contributed by atoms with Crippen LogP contribution >= 0.6 is 0 Å². The van der Waals surface area contributed by atoms with Crippen molar-refractivity contribution in [1.82, 2.24) is 10.0 Å². The average Bonchev–Trinajstić information content (AvgIpc) is 3.28. The summed E-state index contributed by atoms with van der Waals surface area (Å²) >= 11 is 0. The summed E-state index contributed by atoms with van der Waals surface area (Å²) in [5.74, 6) is -1.07. The van der Waals surface area contributed by atoms with E-state index >= 15 is 0 Å². The second-order valence-corrected chi connectivity index (χ2v) is 6.30. The number of hydroxylamine groups is 2. The number of carbonyl (C=O) groups excluding carboxylic acids is 2. The minimum atomic E-state index is -0.565. The highest BCUT2D eigenvalue weighted by atomic mass is 19.1. The van der Waals surface area contributed by atoms with E-state index in [0.717, 1.165) is 6.42 Å². The molecule has 2 heterocycles. The summed E-state index contributed by atoms with van der Waals surface area (Å²) in [4.78, 5) is 33.7. The third-order valence-corrected chi connectivity index (χ3v) is 4.63.